The first kappa shape index (κ1) is 23.8. The van der Waals surface area contributed by atoms with Crippen molar-refractivity contribution in [2.45, 2.75) is 45.7 Å². The molecule has 6 rings (SSSR count). The number of hydrogen-bond donors (Lipinski definition) is 2. The van der Waals surface area contributed by atoms with Crippen LogP contribution in [0.2, 0.25) is 0 Å². The molecule has 1 aliphatic rings. The average Bonchev–Trinajstić information content (AvgIpc) is 3.56. The van der Waals surface area contributed by atoms with Crippen molar-refractivity contribution in [1.29, 1.82) is 0 Å². The van der Waals surface area contributed by atoms with Crippen molar-refractivity contribution in [3.05, 3.63) is 88.2 Å². The Hall–Kier alpha value is -4.53. The SMILES string of the molecule is CCn1nnc2c(C)c(C(CC(=O)O)c3ccc4c(c3)CN(C(=O)c3nc5ccccc5[nH]3)CC4)ccc21. The van der Waals surface area contributed by atoms with Gasteiger partial charge in [0.15, 0.2) is 5.82 Å². The topological polar surface area (TPSA) is 117 Å². The number of aromatic amines is 1. The predicted molar refractivity (Wildman–Crippen MR) is 143 cm³/mol. The van der Waals surface area contributed by atoms with Crippen molar-refractivity contribution in [1.82, 2.24) is 29.9 Å². The molecule has 0 aliphatic carbocycles. The van der Waals surface area contributed by atoms with Crippen LogP contribution in [0.25, 0.3) is 22.1 Å². The average molecular weight is 509 g/mol. The van der Waals surface area contributed by atoms with E-state index in [9.17, 15) is 14.7 Å². The molecule has 3 heterocycles. The number of H-pyrrole nitrogens is 1. The summed E-state index contributed by atoms with van der Waals surface area (Å²) in [4.78, 5) is 34.7. The van der Waals surface area contributed by atoms with E-state index >= 15 is 0 Å². The van der Waals surface area contributed by atoms with Crippen LogP contribution in [-0.4, -0.2) is 53.4 Å². The van der Waals surface area contributed by atoms with E-state index in [0.717, 1.165) is 50.7 Å². The molecule has 0 bridgehead atoms. The van der Waals surface area contributed by atoms with Gasteiger partial charge in [0.2, 0.25) is 0 Å². The van der Waals surface area contributed by atoms with E-state index in [2.05, 4.69) is 32.4 Å². The molecule has 1 unspecified atom stereocenters. The molecule has 1 atom stereocenters. The lowest BCUT2D eigenvalue weighted by atomic mass is 9.83. The number of nitrogens with zero attached hydrogens (tertiary/aromatic N) is 5. The maximum Gasteiger partial charge on any atom is 0.304 e. The Labute approximate surface area is 219 Å². The number of fused-ring (bicyclic) bond motifs is 3. The standard InChI is InChI=1S/C29H28N6O3/c1-3-35-25-11-10-21(17(2)27(25)32-33-35)22(15-26(36)37)19-9-8-18-12-13-34(16-20(18)14-19)29(38)28-30-23-6-4-5-7-24(23)31-28/h4-11,14,22H,3,12-13,15-16H2,1-2H3,(H,30,31)(H,36,37). The number of imidazole rings is 1. The minimum atomic E-state index is -0.869. The van der Waals surface area contributed by atoms with Gasteiger partial charge in [0.25, 0.3) is 5.91 Å². The van der Waals surface area contributed by atoms with Gasteiger partial charge in [0, 0.05) is 25.6 Å². The first-order valence-electron chi connectivity index (χ1n) is 12.8. The van der Waals surface area contributed by atoms with Crippen molar-refractivity contribution in [2.24, 2.45) is 0 Å². The van der Waals surface area contributed by atoms with Gasteiger partial charge in [0.05, 0.1) is 23.0 Å². The van der Waals surface area contributed by atoms with Crippen molar-refractivity contribution < 1.29 is 14.7 Å². The monoisotopic (exact) mass is 508 g/mol. The second-order valence-corrected chi connectivity index (χ2v) is 9.81. The molecule has 2 N–H and O–H groups in total. The van der Waals surface area contributed by atoms with Crippen LogP contribution in [0, 0.1) is 6.92 Å². The summed E-state index contributed by atoms with van der Waals surface area (Å²) in [7, 11) is 0. The van der Waals surface area contributed by atoms with Crippen LogP contribution < -0.4 is 0 Å². The third kappa shape index (κ3) is 4.09. The lowest BCUT2D eigenvalue weighted by Crippen LogP contribution is -2.36. The third-order valence-corrected chi connectivity index (χ3v) is 7.56. The van der Waals surface area contributed by atoms with Crippen molar-refractivity contribution in [2.75, 3.05) is 6.54 Å². The van der Waals surface area contributed by atoms with E-state index in [1.165, 1.54) is 5.56 Å². The van der Waals surface area contributed by atoms with Crippen LogP contribution in [0.4, 0.5) is 0 Å². The molecule has 3 aromatic carbocycles. The Morgan fingerprint density at radius 2 is 1.95 bits per heavy atom. The number of nitrogens with one attached hydrogen (secondary N) is 1. The number of carbonyl (C=O) groups is 2. The molecule has 9 heteroatoms. The van der Waals surface area contributed by atoms with Gasteiger partial charge in [-0.25, -0.2) is 9.67 Å². The van der Waals surface area contributed by atoms with Gasteiger partial charge in [0.1, 0.15) is 5.52 Å². The molecule has 0 radical (unpaired) electrons. The van der Waals surface area contributed by atoms with Crippen LogP contribution >= 0.6 is 0 Å². The summed E-state index contributed by atoms with van der Waals surface area (Å²) in [6.45, 7) is 5.75. The van der Waals surface area contributed by atoms with E-state index in [4.69, 9.17) is 0 Å². The molecule has 2 aromatic heterocycles. The number of aryl methyl sites for hydroxylation is 2. The number of carboxylic acid groups (broad SMARTS) is 1. The molecular formula is C29H28N6O3. The number of benzene rings is 3. The lowest BCUT2D eigenvalue weighted by Gasteiger charge is -2.29. The highest BCUT2D eigenvalue weighted by Gasteiger charge is 2.27. The molecular weight excluding hydrogens is 480 g/mol. The van der Waals surface area contributed by atoms with E-state index in [1.54, 1.807) is 4.90 Å². The molecule has 0 saturated heterocycles. The maximum atomic E-state index is 13.3. The molecule has 38 heavy (non-hydrogen) atoms. The predicted octanol–water partition coefficient (Wildman–Crippen LogP) is 4.44. The summed E-state index contributed by atoms with van der Waals surface area (Å²) < 4.78 is 1.84. The van der Waals surface area contributed by atoms with Gasteiger partial charge in [-0.3, -0.25) is 9.59 Å². The number of para-hydroxylation sites is 2. The molecule has 192 valence electrons. The molecule has 1 aliphatic heterocycles. The minimum Gasteiger partial charge on any atom is -0.481 e. The second-order valence-electron chi connectivity index (χ2n) is 9.81. The van der Waals surface area contributed by atoms with Crippen LogP contribution in [0.3, 0.4) is 0 Å². The summed E-state index contributed by atoms with van der Waals surface area (Å²) in [5, 5.41) is 18.4. The Kier molecular flexibility index (Phi) is 5.90. The summed E-state index contributed by atoms with van der Waals surface area (Å²) in [6.07, 6.45) is 0.685. The second kappa shape index (κ2) is 9.41. The van der Waals surface area contributed by atoms with Gasteiger partial charge >= 0.3 is 5.97 Å². The van der Waals surface area contributed by atoms with Crippen molar-refractivity contribution in [3.63, 3.8) is 0 Å². The molecule has 5 aromatic rings. The number of carboxylic acids is 1. The van der Waals surface area contributed by atoms with Gasteiger partial charge in [-0.1, -0.05) is 41.6 Å². The molecule has 0 spiro atoms. The lowest BCUT2D eigenvalue weighted by molar-refractivity contribution is -0.137. The smallest absolute Gasteiger partial charge is 0.304 e. The van der Waals surface area contributed by atoms with Gasteiger partial charge < -0.3 is 15.0 Å². The normalized spacial score (nSPS) is 14.1. The van der Waals surface area contributed by atoms with Gasteiger partial charge in [-0.2, -0.15) is 0 Å². The first-order valence-corrected chi connectivity index (χ1v) is 12.8. The fourth-order valence-corrected chi connectivity index (χ4v) is 5.55. The number of hydrogen-bond acceptors (Lipinski definition) is 5. The Balaban J connectivity index is 1.33. The zero-order valence-corrected chi connectivity index (χ0v) is 21.3. The van der Waals surface area contributed by atoms with Gasteiger partial charge in [-0.05, 0) is 66.3 Å². The highest BCUT2D eigenvalue weighted by atomic mass is 16.4. The summed E-state index contributed by atoms with van der Waals surface area (Å²) in [5.74, 6) is -1.03. The number of aliphatic carboxylic acids is 1. The van der Waals surface area contributed by atoms with Gasteiger partial charge in [-0.15, -0.1) is 5.10 Å². The molecule has 0 fully saturated rings. The van der Waals surface area contributed by atoms with E-state index < -0.39 is 5.97 Å². The van der Waals surface area contributed by atoms with Crippen molar-refractivity contribution in [3.8, 4) is 0 Å². The maximum absolute atomic E-state index is 13.3. The van der Waals surface area contributed by atoms with E-state index in [1.807, 2.05) is 61.0 Å². The summed E-state index contributed by atoms with van der Waals surface area (Å²) in [5.41, 5.74) is 8.31. The zero-order chi connectivity index (χ0) is 26.4. The summed E-state index contributed by atoms with van der Waals surface area (Å²) >= 11 is 0. The van der Waals surface area contributed by atoms with Crippen LogP contribution in [0.1, 0.15) is 57.7 Å². The number of amides is 1. The summed E-state index contributed by atoms with van der Waals surface area (Å²) in [6, 6.07) is 17.7. The van der Waals surface area contributed by atoms with Crippen LogP contribution in [0.15, 0.2) is 54.6 Å². The largest absolute Gasteiger partial charge is 0.481 e. The fourth-order valence-electron chi connectivity index (χ4n) is 5.55. The minimum absolute atomic E-state index is 0.0469. The number of rotatable bonds is 6. The zero-order valence-electron chi connectivity index (χ0n) is 21.3. The molecule has 0 saturated carbocycles. The Morgan fingerprint density at radius 1 is 1.11 bits per heavy atom. The van der Waals surface area contributed by atoms with Crippen LogP contribution in [0.5, 0.6) is 0 Å². The fraction of sp³-hybridized carbons (Fsp3) is 0.276. The Bertz CT molecular complexity index is 1670. The number of aromatic nitrogens is 5. The Morgan fingerprint density at radius 3 is 2.74 bits per heavy atom. The first-order chi connectivity index (χ1) is 18.4. The van der Waals surface area contributed by atoms with Crippen LogP contribution in [-0.2, 0) is 24.3 Å². The highest BCUT2D eigenvalue weighted by molar-refractivity contribution is 5.94. The molecule has 1 amide bonds. The van der Waals surface area contributed by atoms with Crippen molar-refractivity contribution >= 4 is 33.9 Å². The van der Waals surface area contributed by atoms with E-state index in [-0.39, 0.29) is 18.2 Å². The quantitative estimate of drug-likeness (QED) is 0.350. The van der Waals surface area contributed by atoms with E-state index in [0.29, 0.717) is 25.5 Å². The third-order valence-electron chi connectivity index (χ3n) is 7.56. The molecule has 9 nitrogen and oxygen atoms in total. The number of carbonyl (C=O) groups excluding carboxylic acids is 1. The highest BCUT2D eigenvalue weighted by Crippen LogP contribution is 2.35.